The van der Waals surface area contributed by atoms with E-state index < -0.39 is 5.97 Å². The van der Waals surface area contributed by atoms with Crippen LogP contribution in [-0.2, 0) is 9.53 Å². The van der Waals surface area contributed by atoms with Crippen molar-refractivity contribution in [2.45, 2.75) is 20.8 Å². The molecule has 2 aromatic carbocycles. The Morgan fingerprint density at radius 3 is 2.55 bits per heavy atom. The van der Waals surface area contributed by atoms with Gasteiger partial charge in [-0.3, -0.25) is 14.9 Å². The van der Waals surface area contributed by atoms with Crippen LogP contribution in [0.1, 0.15) is 34.2 Å². The molecule has 3 aromatic rings. The van der Waals surface area contributed by atoms with Crippen LogP contribution in [0, 0.1) is 13.8 Å². The summed E-state index contributed by atoms with van der Waals surface area (Å²) in [6.45, 7) is 5.66. The van der Waals surface area contributed by atoms with Gasteiger partial charge in [-0.1, -0.05) is 12.1 Å². The van der Waals surface area contributed by atoms with Crippen molar-refractivity contribution in [1.82, 2.24) is 10.2 Å². The molecule has 8 heteroatoms. The summed E-state index contributed by atoms with van der Waals surface area (Å²) < 4.78 is 10.6. The first-order valence-electron chi connectivity index (χ1n) is 9.82. The number of nitrogens with zero attached hydrogens (tertiary/aromatic N) is 2. The molecule has 160 valence electrons. The summed E-state index contributed by atoms with van der Waals surface area (Å²) in [5.41, 5.74) is 4.18. The number of para-hydroxylation sites is 1. The summed E-state index contributed by atoms with van der Waals surface area (Å²) in [7, 11) is 0. The van der Waals surface area contributed by atoms with Crippen LogP contribution in [0.15, 0.2) is 53.5 Å². The van der Waals surface area contributed by atoms with Crippen LogP contribution in [0.5, 0.6) is 5.75 Å². The highest BCUT2D eigenvalue weighted by Crippen LogP contribution is 2.22. The van der Waals surface area contributed by atoms with Gasteiger partial charge in [-0.15, -0.1) is 0 Å². The molecule has 0 fully saturated rings. The van der Waals surface area contributed by atoms with Crippen LogP contribution in [0.3, 0.4) is 0 Å². The normalized spacial score (nSPS) is 10.8. The van der Waals surface area contributed by atoms with Gasteiger partial charge in [0.05, 0.1) is 23.6 Å². The Morgan fingerprint density at radius 2 is 1.87 bits per heavy atom. The third-order valence-corrected chi connectivity index (χ3v) is 4.38. The van der Waals surface area contributed by atoms with Gasteiger partial charge in [-0.2, -0.15) is 5.10 Å². The van der Waals surface area contributed by atoms with E-state index in [9.17, 15) is 9.59 Å². The molecule has 0 aliphatic carbocycles. The SMILES string of the molecule is CCOC(=O)c1ccc(NC(=O)COc2ccccc2C=Nc2c(C)n[nH]c2C)cc1. The van der Waals surface area contributed by atoms with E-state index in [1.165, 1.54) is 0 Å². The van der Waals surface area contributed by atoms with Crippen LogP contribution in [-0.4, -0.2) is 41.5 Å². The molecule has 1 amide bonds. The second kappa shape index (κ2) is 10.2. The van der Waals surface area contributed by atoms with Crippen molar-refractivity contribution in [3.05, 3.63) is 71.0 Å². The third kappa shape index (κ3) is 5.79. The number of aromatic amines is 1. The lowest BCUT2D eigenvalue weighted by molar-refractivity contribution is -0.118. The molecule has 0 atom stereocenters. The van der Waals surface area contributed by atoms with Gasteiger partial charge in [0, 0.05) is 17.5 Å². The molecule has 1 heterocycles. The van der Waals surface area contributed by atoms with Crippen LogP contribution >= 0.6 is 0 Å². The van der Waals surface area contributed by atoms with Gasteiger partial charge in [0.1, 0.15) is 11.4 Å². The van der Waals surface area contributed by atoms with Gasteiger partial charge in [0.25, 0.3) is 5.91 Å². The van der Waals surface area contributed by atoms with Crippen molar-refractivity contribution < 1.29 is 19.1 Å². The molecule has 0 saturated carbocycles. The number of carbonyl (C=O) groups is 2. The van der Waals surface area contributed by atoms with E-state index in [-0.39, 0.29) is 12.5 Å². The Labute approximate surface area is 180 Å². The first-order valence-corrected chi connectivity index (χ1v) is 9.82. The zero-order valence-corrected chi connectivity index (χ0v) is 17.6. The van der Waals surface area contributed by atoms with Gasteiger partial charge < -0.3 is 14.8 Å². The smallest absolute Gasteiger partial charge is 0.338 e. The molecule has 31 heavy (non-hydrogen) atoms. The third-order valence-electron chi connectivity index (χ3n) is 4.38. The number of amides is 1. The largest absolute Gasteiger partial charge is 0.483 e. The second-order valence-electron chi connectivity index (χ2n) is 6.71. The molecule has 0 bridgehead atoms. The number of aliphatic imine (C=N–C) groups is 1. The van der Waals surface area contributed by atoms with Gasteiger partial charge in [-0.05, 0) is 57.2 Å². The minimum atomic E-state index is -0.400. The first-order chi connectivity index (χ1) is 15.0. The van der Waals surface area contributed by atoms with Gasteiger partial charge in [0.15, 0.2) is 6.61 Å². The van der Waals surface area contributed by atoms with E-state index in [2.05, 4.69) is 20.5 Å². The van der Waals surface area contributed by atoms with E-state index in [1.54, 1.807) is 43.5 Å². The van der Waals surface area contributed by atoms with Crippen molar-refractivity contribution in [1.29, 1.82) is 0 Å². The maximum Gasteiger partial charge on any atom is 0.338 e. The lowest BCUT2D eigenvalue weighted by Gasteiger charge is -2.10. The standard InChI is InChI=1S/C23H24N4O4/c1-4-30-23(29)17-9-11-19(12-10-17)25-21(28)14-31-20-8-6-5-7-18(20)13-24-22-15(2)26-27-16(22)3/h5-13H,4,14H2,1-3H3,(H,25,28)(H,26,27). The summed E-state index contributed by atoms with van der Waals surface area (Å²) in [6.07, 6.45) is 1.69. The van der Waals surface area contributed by atoms with Gasteiger partial charge in [0.2, 0.25) is 0 Å². The Kier molecular flexibility index (Phi) is 7.16. The predicted octanol–water partition coefficient (Wildman–Crippen LogP) is 3.97. The molecular formula is C23H24N4O4. The highest BCUT2D eigenvalue weighted by atomic mass is 16.5. The molecule has 2 N–H and O–H groups in total. The maximum atomic E-state index is 12.3. The van der Waals surface area contributed by atoms with E-state index in [0.717, 1.165) is 22.6 Å². The number of aryl methyl sites for hydroxylation is 2. The average molecular weight is 420 g/mol. The summed E-state index contributed by atoms with van der Waals surface area (Å²) in [6, 6.07) is 13.8. The number of carbonyl (C=O) groups excluding carboxylic acids is 2. The molecular weight excluding hydrogens is 396 g/mol. The maximum absolute atomic E-state index is 12.3. The van der Waals surface area contributed by atoms with Gasteiger partial charge >= 0.3 is 5.97 Å². The van der Waals surface area contributed by atoms with Crippen molar-refractivity contribution in [3.63, 3.8) is 0 Å². The molecule has 1 aromatic heterocycles. The number of aromatic nitrogens is 2. The average Bonchev–Trinajstić information content (AvgIpc) is 3.09. The number of benzene rings is 2. The fourth-order valence-corrected chi connectivity index (χ4v) is 2.83. The summed E-state index contributed by atoms with van der Waals surface area (Å²) in [5, 5.41) is 9.76. The highest BCUT2D eigenvalue weighted by Gasteiger charge is 2.09. The predicted molar refractivity (Wildman–Crippen MR) is 118 cm³/mol. The van der Waals surface area contributed by atoms with Crippen LogP contribution in [0.4, 0.5) is 11.4 Å². The Bertz CT molecular complexity index is 1070. The van der Waals surface area contributed by atoms with E-state index in [4.69, 9.17) is 9.47 Å². The number of hydrogen-bond donors (Lipinski definition) is 2. The van der Waals surface area contributed by atoms with Crippen LogP contribution in [0.25, 0.3) is 0 Å². The highest BCUT2D eigenvalue weighted by molar-refractivity contribution is 5.94. The number of H-pyrrole nitrogens is 1. The van der Waals surface area contributed by atoms with E-state index in [0.29, 0.717) is 23.6 Å². The topological polar surface area (TPSA) is 106 Å². The number of esters is 1. The molecule has 0 spiro atoms. The first kappa shape index (κ1) is 21.8. The fourth-order valence-electron chi connectivity index (χ4n) is 2.83. The molecule has 0 unspecified atom stereocenters. The van der Waals surface area contributed by atoms with E-state index >= 15 is 0 Å². The molecule has 0 radical (unpaired) electrons. The summed E-state index contributed by atoms with van der Waals surface area (Å²) in [5.74, 6) is -0.183. The lowest BCUT2D eigenvalue weighted by Crippen LogP contribution is -2.20. The van der Waals surface area contributed by atoms with Gasteiger partial charge in [-0.25, -0.2) is 4.79 Å². The minimum absolute atomic E-state index is 0.172. The lowest BCUT2D eigenvalue weighted by atomic mass is 10.2. The van der Waals surface area contributed by atoms with Crippen molar-refractivity contribution in [3.8, 4) is 5.75 Å². The van der Waals surface area contributed by atoms with Crippen LogP contribution < -0.4 is 10.1 Å². The number of hydrogen-bond acceptors (Lipinski definition) is 6. The van der Waals surface area contributed by atoms with Crippen LogP contribution in [0.2, 0.25) is 0 Å². The van der Waals surface area contributed by atoms with Crippen molar-refractivity contribution >= 4 is 29.5 Å². The number of anilines is 1. The molecule has 8 nitrogen and oxygen atoms in total. The monoisotopic (exact) mass is 420 g/mol. The zero-order chi connectivity index (χ0) is 22.2. The molecule has 0 saturated heterocycles. The Balaban J connectivity index is 1.60. The summed E-state index contributed by atoms with van der Waals surface area (Å²) in [4.78, 5) is 28.5. The molecule has 0 aliphatic heterocycles. The van der Waals surface area contributed by atoms with E-state index in [1.807, 2.05) is 32.0 Å². The minimum Gasteiger partial charge on any atom is -0.483 e. The van der Waals surface area contributed by atoms with Crippen molar-refractivity contribution in [2.75, 3.05) is 18.5 Å². The number of nitrogens with one attached hydrogen (secondary N) is 2. The quantitative estimate of drug-likeness (QED) is 0.424. The number of ether oxygens (including phenoxy) is 2. The Morgan fingerprint density at radius 1 is 1.13 bits per heavy atom. The van der Waals surface area contributed by atoms with Crippen molar-refractivity contribution in [2.24, 2.45) is 4.99 Å². The zero-order valence-electron chi connectivity index (χ0n) is 17.6. The molecule has 0 aliphatic rings. The number of rotatable bonds is 8. The summed E-state index contributed by atoms with van der Waals surface area (Å²) >= 11 is 0. The molecule has 3 rings (SSSR count). The fraction of sp³-hybridized carbons (Fsp3) is 0.217. The second-order valence-corrected chi connectivity index (χ2v) is 6.71. The Hall–Kier alpha value is -3.94.